The van der Waals surface area contributed by atoms with E-state index in [1.54, 1.807) is 32.2 Å². The summed E-state index contributed by atoms with van der Waals surface area (Å²) in [7, 11) is 1.55. The van der Waals surface area contributed by atoms with Gasteiger partial charge in [0.15, 0.2) is 5.78 Å². The largest absolute Gasteiger partial charge is 0.322 e. The highest BCUT2D eigenvalue weighted by Crippen LogP contribution is 2.29. The molecule has 0 aliphatic rings. The third-order valence-electron chi connectivity index (χ3n) is 2.43. The zero-order valence-electron chi connectivity index (χ0n) is 10.1. The summed E-state index contributed by atoms with van der Waals surface area (Å²) in [5, 5.41) is 5.88. The fraction of sp³-hybridized carbons (Fsp3) is 0.333. The lowest BCUT2D eigenvalue weighted by Gasteiger charge is -2.15. The van der Waals surface area contributed by atoms with Crippen LogP contribution in [0.4, 0.5) is 5.69 Å². The Morgan fingerprint density at radius 3 is 2.28 bits per heavy atom. The Hall–Kier alpha value is -1.10. The predicted octanol–water partition coefficient (Wildman–Crippen LogP) is 2.50. The number of benzene rings is 1. The van der Waals surface area contributed by atoms with Crippen molar-refractivity contribution in [1.29, 1.82) is 0 Å². The van der Waals surface area contributed by atoms with Crippen molar-refractivity contribution in [3.05, 3.63) is 28.2 Å². The van der Waals surface area contributed by atoms with Gasteiger partial charge in [-0.25, -0.2) is 0 Å². The molecule has 0 aliphatic heterocycles. The molecule has 0 spiro atoms. The van der Waals surface area contributed by atoms with Crippen LogP contribution >= 0.6 is 23.2 Å². The van der Waals surface area contributed by atoms with Gasteiger partial charge in [0.1, 0.15) is 6.04 Å². The molecule has 0 bridgehead atoms. The lowest BCUT2D eigenvalue weighted by atomic mass is 10.1. The van der Waals surface area contributed by atoms with Crippen molar-refractivity contribution in [3.8, 4) is 0 Å². The maximum absolute atomic E-state index is 11.9. The number of para-hydroxylation sites is 1. The molecule has 0 aromatic heterocycles. The van der Waals surface area contributed by atoms with Gasteiger partial charge in [-0.2, -0.15) is 0 Å². The summed E-state index contributed by atoms with van der Waals surface area (Å²) in [4.78, 5) is 23.5. The molecular weight excluding hydrogens is 275 g/mol. The van der Waals surface area contributed by atoms with Gasteiger partial charge in [0, 0.05) is 6.42 Å². The molecule has 2 N–H and O–H groups in total. The third-order valence-corrected chi connectivity index (χ3v) is 3.06. The molecule has 0 fully saturated rings. The van der Waals surface area contributed by atoms with Crippen LogP contribution in [0.15, 0.2) is 18.2 Å². The van der Waals surface area contributed by atoms with E-state index < -0.39 is 11.9 Å². The predicted molar refractivity (Wildman–Crippen MR) is 73.2 cm³/mol. The molecule has 98 valence electrons. The second kappa shape index (κ2) is 6.73. The molecule has 1 aromatic carbocycles. The lowest BCUT2D eigenvalue weighted by molar-refractivity contribution is -0.128. The first kappa shape index (κ1) is 15.0. The maximum Gasteiger partial charge on any atom is 0.249 e. The monoisotopic (exact) mass is 288 g/mol. The first-order valence-electron chi connectivity index (χ1n) is 5.46. The van der Waals surface area contributed by atoms with Gasteiger partial charge in [-0.15, -0.1) is 0 Å². The minimum atomic E-state index is -0.901. The number of nitrogens with one attached hydrogen (secondary N) is 2. The van der Waals surface area contributed by atoms with E-state index in [2.05, 4.69) is 10.6 Å². The smallest absolute Gasteiger partial charge is 0.249 e. The molecule has 0 saturated heterocycles. The molecule has 0 radical (unpaired) electrons. The van der Waals surface area contributed by atoms with Gasteiger partial charge in [0.05, 0.1) is 15.7 Å². The van der Waals surface area contributed by atoms with E-state index in [1.165, 1.54) is 0 Å². The number of hydrogen-bond acceptors (Lipinski definition) is 3. The highest BCUT2D eigenvalue weighted by atomic mass is 35.5. The molecule has 1 atom stereocenters. The Bertz CT molecular complexity index is 443. The first-order valence-corrected chi connectivity index (χ1v) is 6.21. The zero-order chi connectivity index (χ0) is 13.7. The number of amides is 1. The van der Waals surface area contributed by atoms with Crippen molar-refractivity contribution in [2.75, 3.05) is 12.4 Å². The molecule has 0 heterocycles. The molecule has 4 nitrogen and oxygen atoms in total. The van der Waals surface area contributed by atoms with Crippen LogP contribution in [0.25, 0.3) is 0 Å². The second-order valence-electron chi connectivity index (χ2n) is 3.63. The van der Waals surface area contributed by atoms with Crippen LogP contribution in [0, 0.1) is 0 Å². The van der Waals surface area contributed by atoms with Crippen LogP contribution in [0.1, 0.15) is 13.3 Å². The Labute approximate surface area is 116 Å². The van der Waals surface area contributed by atoms with E-state index in [4.69, 9.17) is 23.2 Å². The van der Waals surface area contributed by atoms with Crippen LogP contribution < -0.4 is 10.6 Å². The van der Waals surface area contributed by atoms with E-state index in [-0.39, 0.29) is 12.2 Å². The van der Waals surface area contributed by atoms with Crippen molar-refractivity contribution in [2.45, 2.75) is 19.4 Å². The number of rotatable bonds is 5. The van der Waals surface area contributed by atoms with Crippen LogP contribution in [-0.2, 0) is 9.59 Å². The summed E-state index contributed by atoms with van der Waals surface area (Å²) in [6, 6.07) is 3.99. The van der Waals surface area contributed by atoms with E-state index in [1.807, 2.05) is 0 Å². The fourth-order valence-corrected chi connectivity index (χ4v) is 1.95. The summed E-state index contributed by atoms with van der Waals surface area (Å²) < 4.78 is 0. The standard InChI is InChI=1S/C12H14Cl2N2O2/c1-3-9(17)11(15-2)12(18)16-10-7(13)5-4-6-8(10)14/h4-6,11,15H,3H2,1-2H3,(H,16,18). The number of likely N-dealkylation sites (N-methyl/N-ethyl adjacent to an activating group) is 1. The average molecular weight is 289 g/mol. The molecule has 1 aromatic rings. The summed E-state index contributed by atoms with van der Waals surface area (Å²) in [5.74, 6) is -0.669. The highest BCUT2D eigenvalue weighted by Gasteiger charge is 2.24. The van der Waals surface area contributed by atoms with Crippen molar-refractivity contribution in [1.82, 2.24) is 5.32 Å². The van der Waals surface area contributed by atoms with E-state index in [0.29, 0.717) is 15.7 Å². The van der Waals surface area contributed by atoms with Gasteiger partial charge in [0.25, 0.3) is 0 Å². The molecule has 1 amide bonds. The van der Waals surface area contributed by atoms with E-state index >= 15 is 0 Å². The summed E-state index contributed by atoms with van der Waals surface area (Å²) >= 11 is 11.9. The van der Waals surface area contributed by atoms with Gasteiger partial charge in [0.2, 0.25) is 5.91 Å². The molecule has 0 aliphatic carbocycles. The van der Waals surface area contributed by atoms with Crippen molar-refractivity contribution < 1.29 is 9.59 Å². The number of anilines is 1. The fourth-order valence-electron chi connectivity index (χ4n) is 1.46. The zero-order valence-corrected chi connectivity index (χ0v) is 11.6. The normalized spacial score (nSPS) is 12.0. The minimum Gasteiger partial charge on any atom is -0.322 e. The summed E-state index contributed by atoms with van der Waals surface area (Å²) in [6.45, 7) is 1.70. The quantitative estimate of drug-likeness (QED) is 0.819. The first-order chi connectivity index (χ1) is 8.51. The minimum absolute atomic E-state index is 0.196. The van der Waals surface area contributed by atoms with Crippen LogP contribution in [0.5, 0.6) is 0 Å². The number of ketones is 1. The van der Waals surface area contributed by atoms with Crippen LogP contribution in [0.2, 0.25) is 10.0 Å². The lowest BCUT2D eigenvalue weighted by Crippen LogP contribution is -2.44. The Balaban J connectivity index is 2.90. The van der Waals surface area contributed by atoms with Crippen LogP contribution in [0.3, 0.4) is 0 Å². The molecular formula is C12H14Cl2N2O2. The Morgan fingerprint density at radius 1 is 1.28 bits per heavy atom. The number of carbonyl (C=O) groups is 2. The van der Waals surface area contributed by atoms with Crippen molar-refractivity contribution in [2.24, 2.45) is 0 Å². The van der Waals surface area contributed by atoms with Gasteiger partial charge in [-0.1, -0.05) is 36.2 Å². The SMILES string of the molecule is CCC(=O)C(NC)C(=O)Nc1c(Cl)cccc1Cl. The Morgan fingerprint density at radius 2 is 1.83 bits per heavy atom. The van der Waals surface area contributed by atoms with Crippen LogP contribution in [-0.4, -0.2) is 24.8 Å². The van der Waals surface area contributed by atoms with E-state index in [0.717, 1.165) is 0 Å². The topological polar surface area (TPSA) is 58.2 Å². The summed E-state index contributed by atoms with van der Waals surface area (Å²) in [5.41, 5.74) is 0.315. The van der Waals surface area contributed by atoms with Gasteiger partial charge in [-0.05, 0) is 19.2 Å². The summed E-state index contributed by atoms with van der Waals surface area (Å²) in [6.07, 6.45) is 0.273. The average Bonchev–Trinajstić information content (AvgIpc) is 2.34. The second-order valence-corrected chi connectivity index (χ2v) is 4.44. The van der Waals surface area contributed by atoms with E-state index in [9.17, 15) is 9.59 Å². The maximum atomic E-state index is 11.9. The molecule has 1 rings (SSSR count). The number of halogens is 2. The highest BCUT2D eigenvalue weighted by molar-refractivity contribution is 6.40. The number of carbonyl (C=O) groups excluding carboxylic acids is 2. The van der Waals surface area contributed by atoms with Gasteiger partial charge < -0.3 is 10.6 Å². The third kappa shape index (κ3) is 3.45. The Kier molecular flexibility index (Phi) is 5.59. The number of hydrogen-bond donors (Lipinski definition) is 2. The number of Topliss-reactive ketones (excluding diaryl/α,β-unsaturated/α-hetero) is 1. The molecule has 0 saturated carbocycles. The van der Waals surface area contributed by atoms with Crippen molar-refractivity contribution >= 4 is 40.6 Å². The van der Waals surface area contributed by atoms with Gasteiger partial charge in [-0.3, -0.25) is 9.59 Å². The molecule has 6 heteroatoms. The van der Waals surface area contributed by atoms with Crippen molar-refractivity contribution in [3.63, 3.8) is 0 Å². The molecule has 1 unspecified atom stereocenters. The van der Waals surface area contributed by atoms with Gasteiger partial charge >= 0.3 is 0 Å². The molecule has 18 heavy (non-hydrogen) atoms.